The average Bonchev–Trinajstić information content (AvgIpc) is 2.49. The fourth-order valence-corrected chi connectivity index (χ4v) is 2.49. The predicted molar refractivity (Wildman–Crippen MR) is 79.3 cm³/mol. The van der Waals surface area contributed by atoms with Gasteiger partial charge in [0.2, 0.25) is 0 Å². The van der Waals surface area contributed by atoms with Crippen LogP contribution in [0.15, 0.2) is 52.3 Å². The second kappa shape index (κ2) is 6.34. The van der Waals surface area contributed by atoms with Gasteiger partial charge in [0.1, 0.15) is 5.75 Å². The Morgan fingerprint density at radius 3 is 2.35 bits per heavy atom. The number of carbonyl (C=O) groups excluding carboxylic acids is 1. The first-order valence-corrected chi connectivity index (χ1v) is 6.75. The number of esters is 1. The minimum absolute atomic E-state index is 0.342. The molecule has 5 heteroatoms. The number of rotatable bonds is 4. The lowest BCUT2D eigenvalue weighted by Gasteiger charge is -2.08. The Hall–Kier alpha value is -2.14. The largest absolute Gasteiger partial charge is 0.497 e. The standard InChI is InChI=1S/C15H15NO3S/c1-18-11-5-8-14(13(16)9-11)20-12-6-3-10(4-7-12)15(17)19-2/h3-9H,16H2,1-2H3. The number of nitrogen functional groups attached to an aromatic ring is 1. The van der Waals surface area contributed by atoms with Crippen LogP contribution in [0, 0.1) is 0 Å². The summed E-state index contributed by atoms with van der Waals surface area (Å²) in [7, 11) is 2.97. The summed E-state index contributed by atoms with van der Waals surface area (Å²) < 4.78 is 9.77. The van der Waals surface area contributed by atoms with E-state index in [1.165, 1.54) is 18.9 Å². The summed E-state index contributed by atoms with van der Waals surface area (Å²) in [5.74, 6) is 0.387. The van der Waals surface area contributed by atoms with E-state index >= 15 is 0 Å². The van der Waals surface area contributed by atoms with Gasteiger partial charge in [-0.1, -0.05) is 11.8 Å². The third-order valence-corrected chi connectivity index (χ3v) is 3.82. The van der Waals surface area contributed by atoms with Crippen molar-refractivity contribution in [1.82, 2.24) is 0 Å². The summed E-state index contributed by atoms with van der Waals surface area (Å²) in [4.78, 5) is 13.3. The van der Waals surface area contributed by atoms with Crippen LogP contribution >= 0.6 is 11.8 Å². The van der Waals surface area contributed by atoms with Crippen molar-refractivity contribution in [3.05, 3.63) is 48.0 Å². The molecule has 2 aromatic rings. The molecule has 0 fully saturated rings. The Morgan fingerprint density at radius 1 is 1.10 bits per heavy atom. The molecule has 0 atom stereocenters. The molecule has 2 aromatic carbocycles. The number of anilines is 1. The second-order valence-electron chi connectivity index (χ2n) is 4.02. The smallest absolute Gasteiger partial charge is 0.337 e. The van der Waals surface area contributed by atoms with Gasteiger partial charge in [0.05, 0.1) is 19.8 Å². The van der Waals surface area contributed by atoms with Gasteiger partial charge < -0.3 is 15.2 Å². The first kappa shape index (κ1) is 14.3. The van der Waals surface area contributed by atoms with Crippen LogP contribution in [0.5, 0.6) is 5.75 Å². The second-order valence-corrected chi connectivity index (χ2v) is 5.14. The molecule has 2 N–H and O–H groups in total. The number of ether oxygens (including phenoxy) is 2. The normalized spacial score (nSPS) is 10.1. The molecule has 0 aliphatic rings. The van der Waals surface area contributed by atoms with Crippen LogP contribution < -0.4 is 10.5 Å². The first-order valence-electron chi connectivity index (χ1n) is 5.94. The fraction of sp³-hybridized carbons (Fsp3) is 0.133. The van der Waals surface area contributed by atoms with E-state index in [9.17, 15) is 4.79 Å². The lowest BCUT2D eigenvalue weighted by Crippen LogP contribution is -2.00. The maximum absolute atomic E-state index is 11.3. The SMILES string of the molecule is COC(=O)c1ccc(Sc2ccc(OC)cc2N)cc1. The van der Waals surface area contributed by atoms with Gasteiger partial charge in [0, 0.05) is 21.5 Å². The molecule has 2 rings (SSSR count). The summed E-state index contributed by atoms with van der Waals surface area (Å²) >= 11 is 1.53. The predicted octanol–water partition coefficient (Wildman–Crippen LogP) is 3.22. The van der Waals surface area contributed by atoms with Crippen molar-refractivity contribution in [3.8, 4) is 5.75 Å². The van der Waals surface area contributed by atoms with E-state index in [-0.39, 0.29) is 5.97 Å². The van der Waals surface area contributed by atoms with Crippen LogP contribution in [0.4, 0.5) is 5.69 Å². The van der Waals surface area contributed by atoms with Crippen molar-refractivity contribution < 1.29 is 14.3 Å². The number of hydrogen-bond donors (Lipinski definition) is 1. The molecule has 0 spiro atoms. The Balaban J connectivity index is 2.16. The fourth-order valence-electron chi connectivity index (χ4n) is 1.65. The molecule has 0 amide bonds. The first-order chi connectivity index (χ1) is 9.63. The van der Waals surface area contributed by atoms with E-state index in [1.54, 1.807) is 25.3 Å². The zero-order valence-corrected chi connectivity index (χ0v) is 12.1. The summed E-state index contributed by atoms with van der Waals surface area (Å²) in [6.45, 7) is 0. The van der Waals surface area contributed by atoms with Gasteiger partial charge >= 0.3 is 5.97 Å². The molecule has 0 heterocycles. The van der Waals surface area contributed by atoms with Gasteiger partial charge in [0.25, 0.3) is 0 Å². The number of carbonyl (C=O) groups is 1. The molecule has 0 unspecified atom stereocenters. The van der Waals surface area contributed by atoms with Crippen molar-refractivity contribution in [2.45, 2.75) is 9.79 Å². The Bertz CT molecular complexity index is 611. The van der Waals surface area contributed by atoms with E-state index in [2.05, 4.69) is 4.74 Å². The van der Waals surface area contributed by atoms with Gasteiger partial charge in [-0.25, -0.2) is 4.79 Å². The molecule has 0 saturated carbocycles. The molecular weight excluding hydrogens is 274 g/mol. The molecule has 4 nitrogen and oxygen atoms in total. The molecule has 0 aliphatic heterocycles. The molecule has 0 radical (unpaired) electrons. The van der Waals surface area contributed by atoms with Gasteiger partial charge in [-0.15, -0.1) is 0 Å². The van der Waals surface area contributed by atoms with E-state index in [4.69, 9.17) is 10.5 Å². The molecule has 0 aliphatic carbocycles. The number of benzene rings is 2. The van der Waals surface area contributed by atoms with Crippen LogP contribution in [0.2, 0.25) is 0 Å². The van der Waals surface area contributed by atoms with Crippen molar-refractivity contribution in [3.63, 3.8) is 0 Å². The van der Waals surface area contributed by atoms with Crippen molar-refractivity contribution in [1.29, 1.82) is 0 Å². The van der Waals surface area contributed by atoms with Gasteiger partial charge in [0.15, 0.2) is 0 Å². The van der Waals surface area contributed by atoms with E-state index in [1.807, 2.05) is 24.3 Å². The van der Waals surface area contributed by atoms with E-state index in [0.717, 1.165) is 15.5 Å². The van der Waals surface area contributed by atoms with E-state index < -0.39 is 0 Å². The lowest BCUT2D eigenvalue weighted by molar-refractivity contribution is 0.0600. The zero-order valence-electron chi connectivity index (χ0n) is 11.3. The minimum atomic E-state index is -0.342. The van der Waals surface area contributed by atoms with Crippen molar-refractivity contribution in [2.24, 2.45) is 0 Å². The highest BCUT2D eigenvalue weighted by molar-refractivity contribution is 7.99. The van der Waals surface area contributed by atoms with Crippen LogP contribution in [0.25, 0.3) is 0 Å². The van der Waals surface area contributed by atoms with Crippen LogP contribution in [-0.4, -0.2) is 20.2 Å². The highest BCUT2D eigenvalue weighted by Gasteiger charge is 2.07. The molecule has 20 heavy (non-hydrogen) atoms. The highest BCUT2D eigenvalue weighted by Crippen LogP contribution is 2.34. The van der Waals surface area contributed by atoms with Crippen molar-refractivity contribution >= 4 is 23.4 Å². The molecule has 104 valence electrons. The number of nitrogens with two attached hydrogens (primary N) is 1. The van der Waals surface area contributed by atoms with E-state index in [0.29, 0.717) is 11.3 Å². The van der Waals surface area contributed by atoms with Crippen LogP contribution in [0.3, 0.4) is 0 Å². The number of hydrogen-bond acceptors (Lipinski definition) is 5. The van der Waals surface area contributed by atoms with Gasteiger partial charge in [-0.05, 0) is 36.4 Å². The number of methoxy groups -OCH3 is 2. The summed E-state index contributed by atoms with van der Waals surface area (Å²) in [6.07, 6.45) is 0. The summed E-state index contributed by atoms with van der Waals surface area (Å²) in [6, 6.07) is 12.7. The van der Waals surface area contributed by atoms with Gasteiger partial charge in [-0.3, -0.25) is 0 Å². The van der Waals surface area contributed by atoms with Crippen LogP contribution in [0.1, 0.15) is 10.4 Å². The molecule has 0 bridgehead atoms. The van der Waals surface area contributed by atoms with Crippen LogP contribution in [-0.2, 0) is 4.74 Å². The Morgan fingerprint density at radius 2 is 1.80 bits per heavy atom. The highest BCUT2D eigenvalue weighted by atomic mass is 32.2. The Kier molecular flexibility index (Phi) is 4.53. The average molecular weight is 289 g/mol. The topological polar surface area (TPSA) is 61.5 Å². The summed E-state index contributed by atoms with van der Waals surface area (Å²) in [5.41, 5.74) is 7.16. The third-order valence-electron chi connectivity index (χ3n) is 2.72. The minimum Gasteiger partial charge on any atom is -0.497 e. The molecular formula is C15H15NO3S. The third kappa shape index (κ3) is 3.24. The maximum Gasteiger partial charge on any atom is 0.337 e. The van der Waals surface area contributed by atoms with Crippen molar-refractivity contribution in [2.75, 3.05) is 20.0 Å². The monoisotopic (exact) mass is 289 g/mol. The maximum atomic E-state index is 11.3. The molecule has 0 saturated heterocycles. The molecule has 0 aromatic heterocycles. The lowest BCUT2D eigenvalue weighted by atomic mass is 10.2. The summed E-state index contributed by atoms with van der Waals surface area (Å²) in [5, 5.41) is 0. The van der Waals surface area contributed by atoms with Gasteiger partial charge in [-0.2, -0.15) is 0 Å². The zero-order chi connectivity index (χ0) is 14.5. The quantitative estimate of drug-likeness (QED) is 0.691. The Labute approximate surface area is 121 Å².